The lowest BCUT2D eigenvalue weighted by Crippen LogP contribution is -2.35. The molecule has 1 aliphatic heterocycles. The van der Waals surface area contributed by atoms with E-state index in [0.29, 0.717) is 36.7 Å². The summed E-state index contributed by atoms with van der Waals surface area (Å²) in [5.41, 5.74) is 1.35. The first-order valence-corrected chi connectivity index (χ1v) is 10.5. The summed E-state index contributed by atoms with van der Waals surface area (Å²) in [7, 11) is 0. The average Bonchev–Trinajstić information content (AvgIpc) is 3.03. The number of hydrogen-bond acceptors (Lipinski definition) is 6. The van der Waals surface area contributed by atoms with E-state index in [1.54, 1.807) is 24.0 Å². The first kappa shape index (κ1) is 20.2. The lowest BCUT2D eigenvalue weighted by Gasteiger charge is -2.25. The molecule has 9 heteroatoms. The van der Waals surface area contributed by atoms with E-state index in [9.17, 15) is 19.2 Å². The fourth-order valence-corrected chi connectivity index (χ4v) is 4.75. The van der Waals surface area contributed by atoms with Crippen LogP contribution in [0.2, 0.25) is 0 Å². The third-order valence-electron chi connectivity index (χ3n) is 4.13. The predicted molar refractivity (Wildman–Crippen MR) is 106 cm³/mol. The quantitative estimate of drug-likeness (QED) is 0.741. The first-order valence-electron chi connectivity index (χ1n) is 8.66. The van der Waals surface area contributed by atoms with E-state index in [2.05, 4.69) is 11.4 Å². The van der Waals surface area contributed by atoms with Gasteiger partial charge in [0.05, 0.1) is 24.5 Å². The first-order chi connectivity index (χ1) is 13.5. The topological polar surface area (TPSA) is 82.4 Å². The number of carbonyl (C=O) groups excluding carboxylic acids is 2. The van der Waals surface area contributed by atoms with Gasteiger partial charge in [0, 0.05) is 16.3 Å². The molecule has 0 fully saturated rings. The summed E-state index contributed by atoms with van der Waals surface area (Å²) in [5.74, 6) is -0.422. The maximum absolute atomic E-state index is 12.9. The number of fused-ring (bicyclic) bond motifs is 1. The predicted octanol–water partition coefficient (Wildman–Crippen LogP) is 4.00. The Hall–Kier alpha value is -2.57. The molecule has 2 heterocycles. The van der Waals surface area contributed by atoms with Crippen molar-refractivity contribution in [3.05, 3.63) is 46.1 Å². The van der Waals surface area contributed by atoms with Crippen LogP contribution in [0.1, 0.15) is 22.9 Å². The Bertz CT molecular complexity index is 922. The van der Waals surface area contributed by atoms with Gasteiger partial charge in [0.1, 0.15) is 16.9 Å². The highest BCUT2D eigenvalue weighted by Crippen LogP contribution is 2.37. The zero-order valence-corrected chi connectivity index (χ0v) is 16.8. The van der Waals surface area contributed by atoms with Gasteiger partial charge in [-0.05, 0) is 43.2 Å². The Morgan fingerprint density at radius 2 is 2.14 bits per heavy atom. The lowest BCUT2D eigenvalue weighted by molar-refractivity contribution is -0.113. The SMILES string of the molecule is CCOC(=O)N1CCc2c(sc(NC(=O)CSc3ccc(F)cc3)c2C#N)C1. The second-order valence-electron chi connectivity index (χ2n) is 5.98. The summed E-state index contributed by atoms with van der Waals surface area (Å²) in [4.78, 5) is 27.5. The Kier molecular flexibility index (Phi) is 6.54. The molecule has 1 aromatic carbocycles. The number of hydrogen-bond donors (Lipinski definition) is 1. The molecule has 0 spiro atoms. The van der Waals surface area contributed by atoms with Gasteiger partial charge in [-0.3, -0.25) is 4.79 Å². The van der Waals surface area contributed by atoms with Gasteiger partial charge in [0.25, 0.3) is 0 Å². The molecular weight excluding hydrogens is 401 g/mol. The molecular formula is C19H18FN3O3S2. The van der Waals surface area contributed by atoms with Crippen molar-refractivity contribution in [2.45, 2.75) is 24.8 Å². The van der Waals surface area contributed by atoms with Crippen LogP contribution in [0.25, 0.3) is 0 Å². The highest BCUT2D eigenvalue weighted by Gasteiger charge is 2.28. The maximum atomic E-state index is 12.9. The molecule has 1 N–H and O–H groups in total. The maximum Gasteiger partial charge on any atom is 0.410 e. The summed E-state index contributed by atoms with van der Waals surface area (Å²) in [5, 5.41) is 12.8. The van der Waals surface area contributed by atoms with Crippen molar-refractivity contribution in [2.75, 3.05) is 24.2 Å². The lowest BCUT2D eigenvalue weighted by atomic mass is 10.0. The van der Waals surface area contributed by atoms with Crippen LogP contribution < -0.4 is 5.32 Å². The van der Waals surface area contributed by atoms with E-state index in [-0.39, 0.29) is 23.6 Å². The van der Waals surface area contributed by atoms with E-state index in [1.165, 1.54) is 35.2 Å². The summed E-state index contributed by atoms with van der Waals surface area (Å²) in [6, 6.07) is 8.08. The Balaban J connectivity index is 1.66. The van der Waals surface area contributed by atoms with Gasteiger partial charge in [-0.15, -0.1) is 23.1 Å². The second kappa shape index (κ2) is 9.08. The molecule has 0 radical (unpaired) electrons. The van der Waals surface area contributed by atoms with Crippen LogP contribution in [-0.4, -0.2) is 35.8 Å². The van der Waals surface area contributed by atoms with Crippen LogP contribution in [0.15, 0.2) is 29.2 Å². The van der Waals surface area contributed by atoms with Crippen molar-refractivity contribution < 1.29 is 18.7 Å². The van der Waals surface area contributed by atoms with E-state index >= 15 is 0 Å². The van der Waals surface area contributed by atoms with Gasteiger partial charge >= 0.3 is 6.09 Å². The van der Waals surface area contributed by atoms with Crippen molar-refractivity contribution in [2.24, 2.45) is 0 Å². The molecule has 0 atom stereocenters. The number of carbonyl (C=O) groups is 2. The fourth-order valence-electron chi connectivity index (χ4n) is 2.82. The van der Waals surface area contributed by atoms with Crippen LogP contribution in [0.5, 0.6) is 0 Å². The fraction of sp³-hybridized carbons (Fsp3) is 0.316. The molecule has 0 saturated carbocycles. The van der Waals surface area contributed by atoms with Gasteiger partial charge in [0.15, 0.2) is 0 Å². The van der Waals surface area contributed by atoms with Crippen molar-refractivity contribution in [3.8, 4) is 6.07 Å². The third kappa shape index (κ3) is 4.64. The third-order valence-corrected chi connectivity index (χ3v) is 6.28. The minimum absolute atomic E-state index is 0.147. The number of nitrogens with one attached hydrogen (secondary N) is 1. The zero-order chi connectivity index (χ0) is 20.1. The van der Waals surface area contributed by atoms with Crippen molar-refractivity contribution in [3.63, 3.8) is 0 Å². The number of benzene rings is 1. The van der Waals surface area contributed by atoms with E-state index in [4.69, 9.17) is 4.74 Å². The van der Waals surface area contributed by atoms with Crippen LogP contribution in [0.3, 0.4) is 0 Å². The molecule has 6 nitrogen and oxygen atoms in total. The smallest absolute Gasteiger partial charge is 0.410 e. The molecule has 0 saturated heterocycles. The van der Waals surface area contributed by atoms with E-state index < -0.39 is 0 Å². The molecule has 28 heavy (non-hydrogen) atoms. The van der Waals surface area contributed by atoms with Crippen LogP contribution in [-0.2, 0) is 22.5 Å². The monoisotopic (exact) mass is 419 g/mol. The second-order valence-corrected chi connectivity index (χ2v) is 8.13. The van der Waals surface area contributed by atoms with Gasteiger partial charge in [-0.1, -0.05) is 0 Å². The average molecular weight is 420 g/mol. The summed E-state index contributed by atoms with van der Waals surface area (Å²) in [6.45, 7) is 2.91. The minimum Gasteiger partial charge on any atom is -0.450 e. The normalized spacial score (nSPS) is 12.8. The van der Waals surface area contributed by atoms with Gasteiger partial charge in [0.2, 0.25) is 5.91 Å². The van der Waals surface area contributed by atoms with Gasteiger partial charge in [-0.25, -0.2) is 9.18 Å². The molecule has 2 amide bonds. The highest BCUT2D eigenvalue weighted by atomic mass is 32.2. The largest absolute Gasteiger partial charge is 0.450 e. The summed E-state index contributed by atoms with van der Waals surface area (Å²) in [6.07, 6.45) is 0.176. The molecule has 3 rings (SSSR count). The van der Waals surface area contributed by atoms with E-state index in [0.717, 1.165) is 15.3 Å². The number of thioether (sulfide) groups is 1. The van der Waals surface area contributed by atoms with Crippen molar-refractivity contribution in [1.29, 1.82) is 5.26 Å². The summed E-state index contributed by atoms with van der Waals surface area (Å²) >= 11 is 2.60. The minimum atomic E-state index is -0.374. The van der Waals surface area contributed by atoms with Gasteiger partial charge < -0.3 is 15.0 Å². The Labute approximate surface area is 170 Å². The van der Waals surface area contributed by atoms with Crippen LogP contribution in [0, 0.1) is 17.1 Å². The zero-order valence-electron chi connectivity index (χ0n) is 15.2. The van der Waals surface area contributed by atoms with Crippen LogP contribution in [0.4, 0.5) is 14.2 Å². The molecule has 0 unspecified atom stereocenters. The number of nitriles is 1. The molecule has 2 aromatic rings. The number of rotatable bonds is 5. The number of thiophene rings is 1. The molecule has 1 aliphatic rings. The molecule has 0 aliphatic carbocycles. The summed E-state index contributed by atoms with van der Waals surface area (Å²) < 4.78 is 18.0. The Morgan fingerprint density at radius 1 is 1.39 bits per heavy atom. The van der Waals surface area contributed by atoms with E-state index in [1.807, 2.05) is 0 Å². The van der Waals surface area contributed by atoms with Crippen molar-refractivity contribution >= 4 is 40.1 Å². The van der Waals surface area contributed by atoms with Gasteiger partial charge in [-0.2, -0.15) is 5.26 Å². The highest BCUT2D eigenvalue weighted by molar-refractivity contribution is 8.00. The number of anilines is 1. The molecule has 146 valence electrons. The Morgan fingerprint density at radius 3 is 2.82 bits per heavy atom. The molecule has 1 aromatic heterocycles. The number of halogens is 1. The van der Waals surface area contributed by atoms with Crippen molar-refractivity contribution in [1.82, 2.24) is 4.90 Å². The molecule has 0 bridgehead atoms. The number of amides is 2. The number of ether oxygens (including phenoxy) is 1. The van der Waals surface area contributed by atoms with Crippen LogP contribution >= 0.6 is 23.1 Å². The number of nitrogens with zero attached hydrogens (tertiary/aromatic N) is 2. The standard InChI is InChI=1S/C19H18FN3O3S2/c1-2-26-19(25)23-8-7-14-15(9-21)18(28-16(14)10-23)22-17(24)11-27-13-5-3-12(20)4-6-13/h3-6H,2,7-8,10-11H2,1H3,(H,22,24).